The van der Waals surface area contributed by atoms with Crippen molar-refractivity contribution >= 4 is 19.7 Å². The lowest BCUT2D eigenvalue weighted by Crippen LogP contribution is -1.96. The van der Waals surface area contributed by atoms with E-state index in [1.807, 2.05) is 0 Å². The van der Waals surface area contributed by atoms with E-state index < -0.39 is 9.05 Å². The van der Waals surface area contributed by atoms with Gasteiger partial charge in [-0.25, -0.2) is 8.42 Å². The molecule has 0 aromatic carbocycles. The highest BCUT2D eigenvalue weighted by Gasteiger charge is 2.17. The molecule has 6 heteroatoms. The molecule has 1 aromatic heterocycles. The van der Waals surface area contributed by atoms with Crippen LogP contribution in [0.5, 0.6) is 0 Å². The monoisotopic (exact) mass is 250 g/mol. The maximum Gasteiger partial charge on any atom is 0.264 e. The fraction of sp³-hybridized carbons (Fsp3) is 0.667. The summed E-state index contributed by atoms with van der Waals surface area (Å²) < 4.78 is 22.2. The first kappa shape index (κ1) is 12.5. The molecule has 0 amide bonds. The van der Waals surface area contributed by atoms with E-state index in [9.17, 15) is 8.42 Å². The summed E-state index contributed by atoms with van der Waals surface area (Å²) in [5.74, 6) is 0. The molecular weight excluding hydrogens is 236 g/mol. The van der Waals surface area contributed by atoms with E-state index >= 15 is 0 Å². The minimum Gasteiger partial charge on any atom is -0.281 e. The Morgan fingerprint density at radius 1 is 1.40 bits per heavy atom. The van der Waals surface area contributed by atoms with Crippen LogP contribution in [0.1, 0.15) is 38.3 Å². The van der Waals surface area contributed by atoms with Crippen molar-refractivity contribution in [1.29, 1.82) is 0 Å². The number of aryl methyl sites for hydroxylation is 1. The number of nitrogens with one attached hydrogen (secondary N) is 1. The zero-order valence-electron chi connectivity index (χ0n) is 8.66. The Balaban J connectivity index is 2.59. The first-order chi connectivity index (χ1) is 7.05. The number of unbranched alkanes of at least 4 members (excludes halogenated alkanes) is 3. The van der Waals surface area contributed by atoms with Gasteiger partial charge in [0.25, 0.3) is 9.05 Å². The number of nitrogens with zero attached hydrogens (tertiary/aromatic N) is 1. The Labute approximate surface area is 94.5 Å². The number of H-pyrrole nitrogens is 1. The quantitative estimate of drug-likeness (QED) is 0.623. The normalized spacial score (nSPS) is 11.9. The van der Waals surface area contributed by atoms with E-state index in [1.54, 1.807) is 0 Å². The molecule has 0 atom stereocenters. The maximum absolute atomic E-state index is 11.1. The van der Waals surface area contributed by atoms with Crippen molar-refractivity contribution in [3.05, 3.63) is 11.9 Å². The molecule has 0 spiro atoms. The van der Waals surface area contributed by atoms with E-state index in [0.29, 0.717) is 12.1 Å². The second-order valence-electron chi connectivity index (χ2n) is 3.46. The van der Waals surface area contributed by atoms with Crippen LogP contribution in [0.3, 0.4) is 0 Å². The Morgan fingerprint density at radius 3 is 2.73 bits per heavy atom. The summed E-state index contributed by atoms with van der Waals surface area (Å²) in [4.78, 5) is 0.112. The van der Waals surface area contributed by atoms with E-state index in [0.717, 1.165) is 25.7 Å². The van der Waals surface area contributed by atoms with Gasteiger partial charge in [0.05, 0.1) is 11.9 Å². The molecule has 15 heavy (non-hydrogen) atoms. The lowest BCUT2D eigenvalue weighted by molar-refractivity contribution is 0.606. The van der Waals surface area contributed by atoms with Gasteiger partial charge in [-0.1, -0.05) is 26.2 Å². The summed E-state index contributed by atoms with van der Waals surface area (Å²) in [6.45, 7) is 2.13. The van der Waals surface area contributed by atoms with Gasteiger partial charge >= 0.3 is 0 Å². The Hall–Kier alpha value is -0.550. The lowest BCUT2D eigenvalue weighted by Gasteiger charge is -1.99. The molecule has 1 heterocycles. The van der Waals surface area contributed by atoms with Crippen LogP contribution in [-0.4, -0.2) is 18.6 Å². The summed E-state index contributed by atoms with van der Waals surface area (Å²) in [6, 6.07) is 0. The van der Waals surface area contributed by atoms with Gasteiger partial charge < -0.3 is 0 Å². The lowest BCUT2D eigenvalue weighted by atomic mass is 10.1. The maximum atomic E-state index is 11.1. The highest BCUT2D eigenvalue weighted by Crippen LogP contribution is 2.19. The molecule has 0 aliphatic heterocycles. The predicted molar refractivity (Wildman–Crippen MR) is 59.5 cm³/mol. The Kier molecular flexibility index (Phi) is 4.60. The van der Waals surface area contributed by atoms with Gasteiger partial charge in [0.15, 0.2) is 0 Å². The summed E-state index contributed by atoms with van der Waals surface area (Å²) in [5, 5.41) is 6.37. The van der Waals surface area contributed by atoms with Crippen molar-refractivity contribution in [2.24, 2.45) is 0 Å². The SMILES string of the molecule is CCCCCCc1[nH]ncc1S(=O)(=O)Cl. The smallest absolute Gasteiger partial charge is 0.264 e. The molecular formula is C9H15ClN2O2S. The van der Waals surface area contributed by atoms with Crippen LogP contribution in [0, 0.1) is 0 Å². The Morgan fingerprint density at radius 2 is 2.13 bits per heavy atom. The highest BCUT2D eigenvalue weighted by molar-refractivity contribution is 8.13. The summed E-state index contributed by atoms with van der Waals surface area (Å²) >= 11 is 0. The van der Waals surface area contributed by atoms with Crippen LogP contribution in [0.2, 0.25) is 0 Å². The third kappa shape index (κ3) is 3.83. The third-order valence-electron chi connectivity index (χ3n) is 2.22. The summed E-state index contributed by atoms with van der Waals surface area (Å²) in [5.41, 5.74) is 0.612. The molecule has 0 saturated heterocycles. The van der Waals surface area contributed by atoms with Crippen LogP contribution in [0.15, 0.2) is 11.1 Å². The second-order valence-corrected chi connectivity index (χ2v) is 6.00. The second kappa shape index (κ2) is 5.51. The van der Waals surface area contributed by atoms with E-state index in [-0.39, 0.29) is 4.90 Å². The fourth-order valence-corrected chi connectivity index (χ4v) is 2.44. The van der Waals surface area contributed by atoms with Gasteiger partial charge in [0, 0.05) is 10.7 Å². The molecule has 0 unspecified atom stereocenters. The zero-order chi connectivity index (χ0) is 11.3. The molecule has 1 rings (SSSR count). The van der Waals surface area contributed by atoms with Crippen LogP contribution < -0.4 is 0 Å². The third-order valence-corrected chi connectivity index (χ3v) is 3.60. The number of hydrogen-bond donors (Lipinski definition) is 1. The number of hydrogen-bond acceptors (Lipinski definition) is 3. The van der Waals surface area contributed by atoms with Gasteiger partial charge in [0.1, 0.15) is 4.90 Å². The van der Waals surface area contributed by atoms with Gasteiger partial charge in [0.2, 0.25) is 0 Å². The van der Waals surface area contributed by atoms with Crippen molar-refractivity contribution in [3.63, 3.8) is 0 Å². The fourth-order valence-electron chi connectivity index (χ4n) is 1.42. The zero-order valence-corrected chi connectivity index (χ0v) is 10.2. The number of aromatic nitrogens is 2. The molecule has 0 radical (unpaired) electrons. The van der Waals surface area contributed by atoms with Gasteiger partial charge in [-0.15, -0.1) is 0 Å². The molecule has 1 aromatic rings. The van der Waals surface area contributed by atoms with Gasteiger partial charge in [-0.2, -0.15) is 5.10 Å². The molecule has 86 valence electrons. The van der Waals surface area contributed by atoms with Gasteiger partial charge in [-0.3, -0.25) is 5.10 Å². The molecule has 0 fully saturated rings. The average Bonchev–Trinajstić information content (AvgIpc) is 2.59. The number of halogens is 1. The van der Waals surface area contributed by atoms with Crippen molar-refractivity contribution < 1.29 is 8.42 Å². The first-order valence-electron chi connectivity index (χ1n) is 5.02. The van der Waals surface area contributed by atoms with Crippen LogP contribution in [-0.2, 0) is 15.5 Å². The molecule has 1 N–H and O–H groups in total. The molecule has 4 nitrogen and oxygen atoms in total. The van der Waals surface area contributed by atoms with E-state index in [4.69, 9.17) is 10.7 Å². The van der Waals surface area contributed by atoms with E-state index in [2.05, 4.69) is 17.1 Å². The van der Waals surface area contributed by atoms with E-state index in [1.165, 1.54) is 6.20 Å². The summed E-state index contributed by atoms with van der Waals surface area (Å²) in [6.07, 6.45) is 6.31. The molecule has 0 aliphatic carbocycles. The van der Waals surface area contributed by atoms with Crippen molar-refractivity contribution in [2.75, 3.05) is 0 Å². The van der Waals surface area contributed by atoms with Crippen LogP contribution >= 0.6 is 10.7 Å². The molecule has 0 aliphatic rings. The minimum absolute atomic E-state index is 0.112. The van der Waals surface area contributed by atoms with Crippen LogP contribution in [0.25, 0.3) is 0 Å². The highest BCUT2D eigenvalue weighted by atomic mass is 35.7. The summed E-state index contributed by atoms with van der Waals surface area (Å²) in [7, 11) is 1.60. The molecule has 0 saturated carbocycles. The topological polar surface area (TPSA) is 62.8 Å². The first-order valence-corrected chi connectivity index (χ1v) is 7.33. The van der Waals surface area contributed by atoms with Crippen molar-refractivity contribution in [3.8, 4) is 0 Å². The minimum atomic E-state index is -3.65. The van der Waals surface area contributed by atoms with Crippen molar-refractivity contribution in [1.82, 2.24) is 10.2 Å². The Bertz CT molecular complexity index is 400. The standard InChI is InChI=1S/C9H15ClN2O2S/c1-2-3-4-5-6-8-9(7-11-12-8)15(10,13)14/h7H,2-6H2,1H3,(H,11,12). The van der Waals surface area contributed by atoms with Crippen molar-refractivity contribution in [2.45, 2.75) is 43.9 Å². The number of aromatic amines is 1. The van der Waals surface area contributed by atoms with Crippen LogP contribution in [0.4, 0.5) is 0 Å². The number of rotatable bonds is 6. The largest absolute Gasteiger partial charge is 0.281 e. The predicted octanol–water partition coefficient (Wildman–Crippen LogP) is 2.46. The average molecular weight is 251 g/mol. The van der Waals surface area contributed by atoms with Gasteiger partial charge in [-0.05, 0) is 12.8 Å². The molecule has 0 bridgehead atoms.